The van der Waals surface area contributed by atoms with Crippen molar-refractivity contribution in [2.45, 2.75) is 19.5 Å². The molecule has 0 radical (unpaired) electrons. The van der Waals surface area contributed by atoms with Gasteiger partial charge in [0.05, 0.1) is 4.88 Å². The highest BCUT2D eigenvalue weighted by atomic mass is 32.1. The van der Waals surface area contributed by atoms with Gasteiger partial charge in [-0.25, -0.2) is 4.39 Å². The number of benzene rings is 2. The molecule has 0 spiro atoms. The zero-order chi connectivity index (χ0) is 21.5. The third-order valence-electron chi connectivity index (χ3n) is 4.24. The second-order valence-electron chi connectivity index (χ2n) is 6.55. The molecule has 0 saturated carbocycles. The normalized spacial score (nSPS) is 11.4. The first-order valence-electron chi connectivity index (χ1n) is 9.20. The van der Waals surface area contributed by atoms with E-state index < -0.39 is 11.9 Å². The van der Waals surface area contributed by atoms with E-state index in [2.05, 4.69) is 16.0 Å². The second-order valence-corrected chi connectivity index (χ2v) is 7.50. The summed E-state index contributed by atoms with van der Waals surface area (Å²) in [5, 5.41) is 9.95. The summed E-state index contributed by atoms with van der Waals surface area (Å²) < 4.78 is 13.0. The number of nitrogens with one attached hydrogen (secondary N) is 3. The van der Waals surface area contributed by atoms with E-state index in [1.54, 1.807) is 42.6 Å². The lowest BCUT2D eigenvalue weighted by Gasteiger charge is -2.14. The topological polar surface area (TPSA) is 87.3 Å². The molecular formula is C22H20FN3O3S. The number of thiophene rings is 1. The maximum atomic E-state index is 13.0. The van der Waals surface area contributed by atoms with Crippen molar-refractivity contribution < 1.29 is 18.8 Å². The summed E-state index contributed by atoms with van der Waals surface area (Å²) in [6.45, 7) is 1.85. The summed E-state index contributed by atoms with van der Waals surface area (Å²) in [6, 6.07) is 15.0. The third kappa shape index (κ3) is 5.74. The molecule has 0 saturated heterocycles. The fourth-order valence-corrected chi connectivity index (χ4v) is 3.27. The van der Waals surface area contributed by atoms with Crippen LogP contribution in [0.2, 0.25) is 0 Å². The van der Waals surface area contributed by atoms with E-state index in [0.717, 1.165) is 5.56 Å². The van der Waals surface area contributed by atoms with E-state index in [4.69, 9.17) is 0 Å². The number of amides is 3. The van der Waals surface area contributed by atoms with Crippen molar-refractivity contribution in [3.8, 4) is 0 Å². The Morgan fingerprint density at radius 2 is 1.77 bits per heavy atom. The van der Waals surface area contributed by atoms with Crippen LogP contribution >= 0.6 is 11.3 Å². The van der Waals surface area contributed by atoms with Crippen LogP contribution in [0.5, 0.6) is 0 Å². The predicted molar refractivity (Wildman–Crippen MR) is 114 cm³/mol. The first-order chi connectivity index (χ1) is 14.4. The minimum Gasteiger partial charge on any atom is -0.350 e. The summed E-state index contributed by atoms with van der Waals surface area (Å²) in [5.41, 5.74) is 1.66. The molecule has 3 amide bonds. The van der Waals surface area contributed by atoms with E-state index in [1.807, 2.05) is 6.07 Å². The Balaban J connectivity index is 1.53. The number of hydrogen-bond donors (Lipinski definition) is 3. The van der Waals surface area contributed by atoms with Crippen molar-refractivity contribution in [1.29, 1.82) is 0 Å². The summed E-state index contributed by atoms with van der Waals surface area (Å²) in [7, 11) is 0. The molecule has 0 bridgehead atoms. The molecule has 3 aromatic rings. The summed E-state index contributed by atoms with van der Waals surface area (Å²) in [6.07, 6.45) is 0. The zero-order valence-electron chi connectivity index (χ0n) is 16.1. The van der Waals surface area contributed by atoms with Crippen molar-refractivity contribution >= 4 is 34.7 Å². The number of carbonyl (C=O) groups is 3. The van der Waals surface area contributed by atoms with Gasteiger partial charge in [-0.2, -0.15) is 0 Å². The predicted octanol–water partition coefficient (Wildman–Crippen LogP) is 3.57. The van der Waals surface area contributed by atoms with E-state index in [-0.39, 0.29) is 24.3 Å². The summed E-state index contributed by atoms with van der Waals surface area (Å²) in [5.74, 6) is -1.38. The molecule has 1 unspecified atom stereocenters. The quantitative estimate of drug-likeness (QED) is 0.541. The van der Waals surface area contributed by atoms with E-state index in [1.165, 1.54) is 35.6 Å². The van der Waals surface area contributed by atoms with Gasteiger partial charge in [0.25, 0.3) is 11.8 Å². The number of hydrogen-bond acceptors (Lipinski definition) is 4. The monoisotopic (exact) mass is 425 g/mol. The Hall–Kier alpha value is -3.52. The number of halogens is 1. The van der Waals surface area contributed by atoms with Gasteiger partial charge in [0, 0.05) is 17.8 Å². The molecule has 1 atom stereocenters. The lowest BCUT2D eigenvalue weighted by Crippen LogP contribution is -2.44. The largest absolute Gasteiger partial charge is 0.350 e. The van der Waals surface area contributed by atoms with Crippen LogP contribution in [0.25, 0.3) is 0 Å². The Morgan fingerprint density at radius 3 is 2.47 bits per heavy atom. The molecule has 2 aromatic carbocycles. The van der Waals surface area contributed by atoms with Gasteiger partial charge in [-0.3, -0.25) is 14.4 Å². The number of anilines is 1. The number of carbonyl (C=O) groups excluding carboxylic acids is 3. The lowest BCUT2D eigenvalue weighted by molar-refractivity contribution is -0.122. The van der Waals surface area contributed by atoms with Crippen LogP contribution in [-0.2, 0) is 11.3 Å². The fourth-order valence-electron chi connectivity index (χ4n) is 2.65. The maximum absolute atomic E-state index is 13.0. The van der Waals surface area contributed by atoms with Gasteiger partial charge in [0.1, 0.15) is 11.9 Å². The Morgan fingerprint density at radius 1 is 1.00 bits per heavy atom. The third-order valence-corrected chi connectivity index (χ3v) is 5.11. The highest BCUT2D eigenvalue weighted by Gasteiger charge is 2.17. The molecule has 1 aromatic heterocycles. The van der Waals surface area contributed by atoms with Crippen molar-refractivity contribution in [2.24, 2.45) is 0 Å². The van der Waals surface area contributed by atoms with E-state index in [9.17, 15) is 18.8 Å². The summed E-state index contributed by atoms with van der Waals surface area (Å²) >= 11 is 1.30. The second kappa shape index (κ2) is 9.80. The molecule has 30 heavy (non-hydrogen) atoms. The van der Waals surface area contributed by atoms with Gasteiger partial charge in [0.2, 0.25) is 5.91 Å². The minimum atomic E-state index is -0.694. The highest BCUT2D eigenvalue weighted by molar-refractivity contribution is 7.12. The van der Waals surface area contributed by atoms with E-state index in [0.29, 0.717) is 16.1 Å². The van der Waals surface area contributed by atoms with Crippen LogP contribution < -0.4 is 16.0 Å². The van der Waals surface area contributed by atoms with Crippen LogP contribution in [-0.4, -0.2) is 23.8 Å². The van der Waals surface area contributed by atoms with Gasteiger partial charge < -0.3 is 16.0 Å². The van der Waals surface area contributed by atoms with Crippen molar-refractivity contribution in [3.05, 3.63) is 87.9 Å². The molecule has 6 nitrogen and oxygen atoms in total. The van der Waals surface area contributed by atoms with Crippen LogP contribution in [0.3, 0.4) is 0 Å². The van der Waals surface area contributed by atoms with Gasteiger partial charge >= 0.3 is 0 Å². The average Bonchev–Trinajstić information content (AvgIpc) is 3.28. The molecular weight excluding hydrogens is 405 g/mol. The standard InChI is InChI=1S/C22H20FN3O3S/c1-14(25-22(29)19-6-3-11-30-19)20(27)24-13-15-4-2-5-18(12-15)26-21(28)16-7-9-17(23)10-8-16/h2-12,14H,13H2,1H3,(H,24,27)(H,25,29)(H,26,28). The van der Waals surface area contributed by atoms with Crippen molar-refractivity contribution in [3.63, 3.8) is 0 Å². The van der Waals surface area contributed by atoms with Gasteiger partial charge in [0.15, 0.2) is 0 Å². The molecule has 3 N–H and O–H groups in total. The minimum absolute atomic E-state index is 0.234. The summed E-state index contributed by atoms with van der Waals surface area (Å²) in [4.78, 5) is 37.1. The molecule has 3 rings (SSSR count). The van der Waals surface area contributed by atoms with Gasteiger partial charge in [-0.15, -0.1) is 11.3 Å². The molecule has 0 fully saturated rings. The smallest absolute Gasteiger partial charge is 0.261 e. The van der Waals surface area contributed by atoms with Crippen molar-refractivity contribution in [1.82, 2.24) is 10.6 Å². The Bertz CT molecular complexity index is 1040. The zero-order valence-corrected chi connectivity index (χ0v) is 17.0. The average molecular weight is 425 g/mol. The molecule has 0 aliphatic rings. The fraction of sp³-hybridized carbons (Fsp3) is 0.136. The molecule has 154 valence electrons. The maximum Gasteiger partial charge on any atom is 0.261 e. The lowest BCUT2D eigenvalue weighted by atomic mass is 10.1. The van der Waals surface area contributed by atoms with Gasteiger partial charge in [-0.1, -0.05) is 18.2 Å². The van der Waals surface area contributed by atoms with Gasteiger partial charge in [-0.05, 0) is 60.3 Å². The van der Waals surface area contributed by atoms with Crippen LogP contribution in [0, 0.1) is 5.82 Å². The molecule has 8 heteroatoms. The molecule has 0 aliphatic heterocycles. The highest BCUT2D eigenvalue weighted by Crippen LogP contribution is 2.13. The number of rotatable bonds is 7. The Labute approximate surface area is 177 Å². The first kappa shape index (κ1) is 21.2. The van der Waals surface area contributed by atoms with Crippen molar-refractivity contribution in [2.75, 3.05) is 5.32 Å². The van der Waals surface area contributed by atoms with Crippen LogP contribution in [0.4, 0.5) is 10.1 Å². The van der Waals surface area contributed by atoms with Crippen LogP contribution in [0.1, 0.15) is 32.5 Å². The first-order valence-corrected chi connectivity index (χ1v) is 10.1. The SMILES string of the molecule is CC(NC(=O)c1cccs1)C(=O)NCc1cccc(NC(=O)c2ccc(F)cc2)c1. The van der Waals surface area contributed by atoms with Crippen LogP contribution in [0.15, 0.2) is 66.0 Å². The van der Waals surface area contributed by atoms with E-state index >= 15 is 0 Å². The Kier molecular flexibility index (Phi) is 6.92. The molecule has 0 aliphatic carbocycles. The molecule has 1 heterocycles.